The molecule has 0 aromatic heterocycles. The first kappa shape index (κ1) is 23.5. The van der Waals surface area contributed by atoms with Crippen molar-refractivity contribution < 1.29 is 28.7 Å². The van der Waals surface area contributed by atoms with Crippen LogP contribution in [0.5, 0.6) is 0 Å². The number of fused-ring (bicyclic) bond motifs is 1. The lowest BCUT2D eigenvalue weighted by Crippen LogP contribution is -2.19. The van der Waals surface area contributed by atoms with Gasteiger partial charge in [0.1, 0.15) is 0 Å². The second-order valence-corrected chi connectivity index (χ2v) is 7.57. The maximum atomic E-state index is 12.2. The van der Waals surface area contributed by atoms with E-state index in [4.69, 9.17) is 9.47 Å². The van der Waals surface area contributed by atoms with Crippen molar-refractivity contribution in [1.82, 2.24) is 5.32 Å². The number of carbonyl (C=O) groups is 4. The van der Waals surface area contributed by atoms with Crippen LogP contribution in [0.1, 0.15) is 55.3 Å². The second-order valence-electron chi connectivity index (χ2n) is 7.57. The molecular weight excluding hydrogens is 450 g/mol. The van der Waals surface area contributed by atoms with Crippen LogP contribution in [0.15, 0.2) is 60.7 Å². The standard InChI is InChI=1S/C26H23N3O6/c1-3-34-25(32)15-5-9-17(10-6-15)27-21-13-19-20(24(31)29-23(19)30)14-22(21)28-18-11-7-16(8-12-18)26(33)35-4-2/h5-14,27-28H,3-4H2,1-2H3,(H,29,30,31). The fourth-order valence-corrected chi connectivity index (χ4v) is 3.54. The Balaban J connectivity index is 1.63. The highest BCUT2D eigenvalue weighted by atomic mass is 16.5. The molecule has 0 unspecified atom stereocenters. The van der Waals surface area contributed by atoms with E-state index in [1.165, 1.54) is 0 Å². The number of ether oxygens (including phenoxy) is 2. The molecule has 2 amide bonds. The van der Waals surface area contributed by atoms with E-state index in [2.05, 4.69) is 16.0 Å². The minimum Gasteiger partial charge on any atom is -0.462 e. The van der Waals surface area contributed by atoms with Crippen LogP contribution in [0.4, 0.5) is 22.7 Å². The Hall–Kier alpha value is -4.66. The van der Waals surface area contributed by atoms with Crippen LogP contribution < -0.4 is 16.0 Å². The van der Waals surface area contributed by atoms with E-state index in [-0.39, 0.29) is 24.3 Å². The molecule has 4 rings (SSSR count). The molecule has 3 aromatic carbocycles. The Kier molecular flexibility index (Phi) is 6.77. The number of nitrogens with one attached hydrogen (secondary N) is 3. The summed E-state index contributed by atoms with van der Waals surface area (Å²) in [5.74, 6) is -1.78. The van der Waals surface area contributed by atoms with E-state index in [9.17, 15) is 19.2 Å². The van der Waals surface area contributed by atoms with Gasteiger partial charge < -0.3 is 20.1 Å². The van der Waals surface area contributed by atoms with E-state index >= 15 is 0 Å². The summed E-state index contributed by atoms with van der Waals surface area (Å²) in [6.45, 7) is 4.04. The summed E-state index contributed by atoms with van der Waals surface area (Å²) in [7, 11) is 0. The summed E-state index contributed by atoms with van der Waals surface area (Å²) in [6, 6.07) is 16.5. The number of benzene rings is 3. The minimum absolute atomic E-state index is 0.254. The fraction of sp³-hybridized carbons (Fsp3) is 0.154. The summed E-state index contributed by atoms with van der Waals surface area (Å²) >= 11 is 0. The third-order valence-electron chi connectivity index (χ3n) is 5.22. The number of hydrogen-bond donors (Lipinski definition) is 3. The van der Waals surface area contributed by atoms with Crippen molar-refractivity contribution in [2.24, 2.45) is 0 Å². The molecule has 3 aromatic rings. The molecule has 0 fully saturated rings. The number of carbonyl (C=O) groups excluding carboxylic acids is 4. The molecule has 0 radical (unpaired) electrons. The number of amides is 2. The molecular formula is C26H23N3O6. The van der Waals surface area contributed by atoms with Crippen molar-refractivity contribution >= 4 is 46.5 Å². The van der Waals surface area contributed by atoms with Crippen LogP contribution in [0, 0.1) is 0 Å². The van der Waals surface area contributed by atoms with Crippen LogP contribution in [-0.4, -0.2) is 37.0 Å². The Morgan fingerprint density at radius 2 is 1.06 bits per heavy atom. The van der Waals surface area contributed by atoms with Gasteiger partial charge in [0.05, 0.1) is 46.8 Å². The summed E-state index contributed by atoms with van der Waals surface area (Å²) in [5.41, 5.74) is 3.71. The van der Waals surface area contributed by atoms with Crippen molar-refractivity contribution in [3.05, 3.63) is 82.9 Å². The van der Waals surface area contributed by atoms with Gasteiger partial charge in [-0.2, -0.15) is 0 Å². The molecule has 0 bridgehead atoms. The van der Waals surface area contributed by atoms with Crippen molar-refractivity contribution in [2.75, 3.05) is 23.8 Å². The predicted molar refractivity (Wildman–Crippen MR) is 130 cm³/mol. The Labute approximate surface area is 201 Å². The van der Waals surface area contributed by atoms with Gasteiger partial charge in [-0.15, -0.1) is 0 Å². The van der Waals surface area contributed by atoms with Crippen LogP contribution in [-0.2, 0) is 9.47 Å². The number of rotatable bonds is 8. The Bertz CT molecular complexity index is 1200. The minimum atomic E-state index is -0.476. The van der Waals surface area contributed by atoms with Gasteiger partial charge in [0.15, 0.2) is 0 Å². The molecule has 178 valence electrons. The molecule has 1 heterocycles. The van der Waals surface area contributed by atoms with Crippen molar-refractivity contribution in [3.63, 3.8) is 0 Å². The van der Waals surface area contributed by atoms with Gasteiger partial charge in [-0.3, -0.25) is 14.9 Å². The van der Waals surface area contributed by atoms with E-state index < -0.39 is 23.8 Å². The molecule has 0 atom stereocenters. The summed E-state index contributed by atoms with van der Waals surface area (Å²) < 4.78 is 10.0. The van der Waals surface area contributed by atoms with E-state index in [0.29, 0.717) is 33.9 Å². The van der Waals surface area contributed by atoms with Crippen LogP contribution in [0.3, 0.4) is 0 Å². The summed E-state index contributed by atoms with van der Waals surface area (Å²) in [4.78, 5) is 48.2. The second kappa shape index (κ2) is 10.1. The van der Waals surface area contributed by atoms with Crippen LogP contribution in [0.2, 0.25) is 0 Å². The van der Waals surface area contributed by atoms with Crippen molar-refractivity contribution in [1.29, 1.82) is 0 Å². The molecule has 0 saturated heterocycles. The Morgan fingerprint density at radius 3 is 1.40 bits per heavy atom. The van der Waals surface area contributed by atoms with Crippen LogP contribution in [0.25, 0.3) is 0 Å². The highest BCUT2D eigenvalue weighted by molar-refractivity contribution is 6.22. The zero-order chi connectivity index (χ0) is 24.9. The van der Waals surface area contributed by atoms with Gasteiger partial charge in [-0.05, 0) is 74.5 Å². The zero-order valence-corrected chi connectivity index (χ0v) is 19.1. The van der Waals surface area contributed by atoms with E-state index in [1.54, 1.807) is 74.5 Å². The average molecular weight is 473 g/mol. The van der Waals surface area contributed by atoms with Crippen LogP contribution >= 0.6 is 0 Å². The number of esters is 2. The van der Waals surface area contributed by atoms with Crippen molar-refractivity contribution in [2.45, 2.75) is 13.8 Å². The topological polar surface area (TPSA) is 123 Å². The predicted octanol–water partition coefficient (Wildman–Crippen LogP) is 4.41. The van der Waals surface area contributed by atoms with Gasteiger partial charge in [0, 0.05) is 11.4 Å². The highest BCUT2D eigenvalue weighted by Gasteiger charge is 2.28. The molecule has 0 aliphatic carbocycles. The number of hydrogen-bond acceptors (Lipinski definition) is 8. The van der Waals surface area contributed by atoms with E-state index in [1.807, 2.05) is 0 Å². The third-order valence-corrected chi connectivity index (χ3v) is 5.22. The summed E-state index contributed by atoms with van der Waals surface area (Å²) in [6.07, 6.45) is 0. The SMILES string of the molecule is CCOC(=O)c1ccc(Nc2cc3c(cc2Nc2ccc(C(=O)OCC)cc2)C(=O)NC3=O)cc1. The van der Waals surface area contributed by atoms with Gasteiger partial charge in [-0.25, -0.2) is 9.59 Å². The fourth-order valence-electron chi connectivity index (χ4n) is 3.54. The monoisotopic (exact) mass is 473 g/mol. The molecule has 1 aliphatic rings. The largest absolute Gasteiger partial charge is 0.462 e. The molecule has 35 heavy (non-hydrogen) atoms. The van der Waals surface area contributed by atoms with E-state index in [0.717, 1.165) is 0 Å². The normalized spacial score (nSPS) is 11.9. The maximum Gasteiger partial charge on any atom is 0.338 e. The van der Waals surface area contributed by atoms with Gasteiger partial charge in [-0.1, -0.05) is 0 Å². The highest BCUT2D eigenvalue weighted by Crippen LogP contribution is 2.33. The van der Waals surface area contributed by atoms with Gasteiger partial charge in [0.2, 0.25) is 0 Å². The molecule has 1 aliphatic heterocycles. The first-order valence-corrected chi connectivity index (χ1v) is 11.0. The van der Waals surface area contributed by atoms with Crippen molar-refractivity contribution in [3.8, 4) is 0 Å². The smallest absolute Gasteiger partial charge is 0.338 e. The van der Waals surface area contributed by atoms with Gasteiger partial charge in [0.25, 0.3) is 11.8 Å². The first-order chi connectivity index (χ1) is 16.9. The molecule has 9 nitrogen and oxygen atoms in total. The molecule has 3 N–H and O–H groups in total. The molecule has 9 heteroatoms. The Morgan fingerprint density at radius 1 is 0.686 bits per heavy atom. The zero-order valence-electron chi connectivity index (χ0n) is 19.1. The first-order valence-electron chi connectivity index (χ1n) is 11.0. The number of anilines is 4. The quantitative estimate of drug-likeness (QED) is 0.325. The molecule has 0 saturated carbocycles. The summed E-state index contributed by atoms with van der Waals surface area (Å²) in [5, 5.41) is 8.74. The lowest BCUT2D eigenvalue weighted by Gasteiger charge is -2.16. The third kappa shape index (κ3) is 5.14. The average Bonchev–Trinajstić information content (AvgIpc) is 3.12. The lowest BCUT2D eigenvalue weighted by molar-refractivity contribution is 0.0517. The van der Waals surface area contributed by atoms with Gasteiger partial charge >= 0.3 is 11.9 Å². The maximum absolute atomic E-state index is 12.2. The molecule has 0 spiro atoms. The number of imide groups is 1. The lowest BCUT2D eigenvalue weighted by atomic mass is 10.1.